The van der Waals surface area contributed by atoms with Gasteiger partial charge in [-0.15, -0.1) is 0 Å². The van der Waals surface area contributed by atoms with Gasteiger partial charge in [-0.25, -0.2) is 0 Å². The molecule has 2 aliphatic rings. The largest absolute Gasteiger partial charge is 0.367 e. The van der Waals surface area contributed by atoms with Gasteiger partial charge >= 0.3 is 0 Å². The number of likely N-dealkylation sites (tertiary alicyclic amines) is 1. The molecule has 2 heterocycles. The average Bonchev–Trinajstić information content (AvgIpc) is 2.70. The molecule has 0 aromatic rings. The van der Waals surface area contributed by atoms with Crippen molar-refractivity contribution in [3.63, 3.8) is 0 Å². The fourth-order valence-electron chi connectivity index (χ4n) is 2.52. The summed E-state index contributed by atoms with van der Waals surface area (Å²) >= 11 is 0. The lowest BCUT2D eigenvalue weighted by molar-refractivity contribution is -0.126. The van der Waals surface area contributed by atoms with Crippen molar-refractivity contribution < 1.29 is 14.6 Å². The second kappa shape index (κ2) is 3.96. The fraction of sp³-hybridized carbons (Fsp3) is 0.900. The van der Waals surface area contributed by atoms with Crippen LogP contribution in [-0.2, 0) is 9.53 Å². The number of ketones is 1. The molecule has 14 heavy (non-hydrogen) atoms. The van der Waals surface area contributed by atoms with E-state index in [4.69, 9.17) is 4.74 Å². The zero-order chi connectivity index (χ0) is 10.1. The molecule has 2 rings (SSSR count). The van der Waals surface area contributed by atoms with Crippen LogP contribution in [0.25, 0.3) is 0 Å². The van der Waals surface area contributed by atoms with Gasteiger partial charge in [-0.1, -0.05) is 0 Å². The Morgan fingerprint density at radius 1 is 1.50 bits per heavy atom. The molecule has 80 valence electrons. The topological polar surface area (TPSA) is 49.8 Å². The van der Waals surface area contributed by atoms with E-state index in [1.165, 1.54) is 0 Å². The molecule has 2 saturated heterocycles. The number of aliphatic hydroxyl groups excluding tert-OH is 1. The Morgan fingerprint density at radius 3 is 2.86 bits per heavy atom. The fourth-order valence-corrected chi connectivity index (χ4v) is 2.52. The highest BCUT2D eigenvalue weighted by Crippen LogP contribution is 2.27. The predicted molar refractivity (Wildman–Crippen MR) is 50.8 cm³/mol. The van der Waals surface area contributed by atoms with E-state index in [1.807, 2.05) is 0 Å². The van der Waals surface area contributed by atoms with Crippen molar-refractivity contribution in [2.75, 3.05) is 13.2 Å². The molecular formula is C10H17NO3. The summed E-state index contributed by atoms with van der Waals surface area (Å²) in [7, 11) is 0. The monoisotopic (exact) mass is 199 g/mol. The van der Waals surface area contributed by atoms with E-state index in [2.05, 4.69) is 4.90 Å². The third kappa shape index (κ3) is 1.69. The smallest absolute Gasteiger partial charge is 0.170 e. The Hall–Kier alpha value is -0.450. The van der Waals surface area contributed by atoms with E-state index in [9.17, 15) is 9.90 Å². The quantitative estimate of drug-likeness (QED) is 0.687. The molecule has 2 fully saturated rings. The molecule has 2 aliphatic heterocycles. The molecule has 0 spiro atoms. The third-order valence-electron chi connectivity index (χ3n) is 3.22. The van der Waals surface area contributed by atoms with Gasteiger partial charge in [0.1, 0.15) is 5.78 Å². The molecule has 3 atom stereocenters. The van der Waals surface area contributed by atoms with Gasteiger partial charge in [0.15, 0.2) is 6.29 Å². The van der Waals surface area contributed by atoms with E-state index in [1.54, 1.807) is 6.92 Å². The number of ether oxygens (including phenoxy) is 1. The lowest BCUT2D eigenvalue weighted by Gasteiger charge is -2.29. The Balaban J connectivity index is 2.05. The molecule has 4 nitrogen and oxygen atoms in total. The zero-order valence-corrected chi connectivity index (χ0v) is 8.48. The summed E-state index contributed by atoms with van der Waals surface area (Å²) in [5.41, 5.74) is 0. The number of rotatable bonds is 2. The Bertz CT molecular complexity index is 231. The van der Waals surface area contributed by atoms with E-state index >= 15 is 0 Å². The van der Waals surface area contributed by atoms with Gasteiger partial charge in [0, 0.05) is 0 Å². The minimum Gasteiger partial charge on any atom is -0.367 e. The van der Waals surface area contributed by atoms with Crippen LogP contribution < -0.4 is 0 Å². The molecule has 4 heteroatoms. The molecule has 0 aliphatic carbocycles. The molecule has 1 N–H and O–H groups in total. The van der Waals surface area contributed by atoms with Crippen LogP contribution >= 0.6 is 0 Å². The Kier molecular flexibility index (Phi) is 2.85. The summed E-state index contributed by atoms with van der Waals surface area (Å²) in [6.45, 7) is 3.15. The van der Waals surface area contributed by atoms with Crippen molar-refractivity contribution in [2.24, 2.45) is 0 Å². The van der Waals surface area contributed by atoms with Crippen LogP contribution in [0.1, 0.15) is 26.2 Å². The van der Waals surface area contributed by atoms with Crippen LogP contribution in [0, 0.1) is 0 Å². The van der Waals surface area contributed by atoms with E-state index in [0.717, 1.165) is 25.8 Å². The number of carbonyl (C=O) groups is 1. The highest BCUT2D eigenvalue weighted by Gasteiger charge is 2.39. The Labute approximate surface area is 83.8 Å². The minimum absolute atomic E-state index is 0.0105. The lowest BCUT2D eigenvalue weighted by Crippen LogP contribution is -2.46. The summed E-state index contributed by atoms with van der Waals surface area (Å²) in [5.74, 6) is 0.210. The van der Waals surface area contributed by atoms with Gasteiger partial charge in [0.05, 0.1) is 18.7 Å². The van der Waals surface area contributed by atoms with Crippen molar-refractivity contribution in [1.29, 1.82) is 0 Å². The van der Waals surface area contributed by atoms with Gasteiger partial charge in [0.25, 0.3) is 0 Å². The molecule has 1 unspecified atom stereocenters. The summed E-state index contributed by atoms with van der Waals surface area (Å²) in [4.78, 5) is 13.5. The second-order valence-electron chi connectivity index (χ2n) is 4.12. The average molecular weight is 199 g/mol. The van der Waals surface area contributed by atoms with Crippen molar-refractivity contribution in [3.05, 3.63) is 0 Å². The van der Waals surface area contributed by atoms with Crippen molar-refractivity contribution in [1.82, 2.24) is 4.90 Å². The summed E-state index contributed by atoms with van der Waals surface area (Å²) in [6, 6.07) is 0.0442. The molecule has 0 amide bonds. The first-order valence-electron chi connectivity index (χ1n) is 5.26. The molecule has 0 radical (unpaired) electrons. The highest BCUT2D eigenvalue weighted by atomic mass is 16.6. The minimum atomic E-state index is -0.699. The maximum atomic E-state index is 11.4. The van der Waals surface area contributed by atoms with Crippen molar-refractivity contribution in [2.45, 2.75) is 44.6 Å². The molecular weight excluding hydrogens is 182 g/mol. The van der Waals surface area contributed by atoms with Gasteiger partial charge < -0.3 is 9.84 Å². The van der Waals surface area contributed by atoms with Crippen LogP contribution in [0.15, 0.2) is 0 Å². The van der Waals surface area contributed by atoms with Crippen LogP contribution in [0.2, 0.25) is 0 Å². The van der Waals surface area contributed by atoms with Crippen LogP contribution in [0.4, 0.5) is 0 Å². The van der Waals surface area contributed by atoms with E-state index in [0.29, 0.717) is 6.61 Å². The number of carbonyl (C=O) groups excluding carboxylic acids is 1. The molecule has 0 aromatic carbocycles. The number of Topliss-reactive ketones (excluding diaryl/α,β-unsaturated/α-hetero) is 1. The van der Waals surface area contributed by atoms with Gasteiger partial charge in [-0.3, -0.25) is 9.69 Å². The number of hydrogen-bond acceptors (Lipinski definition) is 4. The summed E-state index contributed by atoms with van der Waals surface area (Å²) < 4.78 is 5.11. The number of nitrogens with zero attached hydrogens (tertiary/aromatic N) is 1. The van der Waals surface area contributed by atoms with Crippen LogP contribution in [-0.4, -0.2) is 47.3 Å². The van der Waals surface area contributed by atoms with Gasteiger partial charge in [0.2, 0.25) is 0 Å². The first kappa shape index (κ1) is 10.1. The summed E-state index contributed by atoms with van der Waals surface area (Å²) in [6.07, 6.45) is 2.12. The van der Waals surface area contributed by atoms with E-state index < -0.39 is 6.29 Å². The Morgan fingerprint density at radius 2 is 2.29 bits per heavy atom. The molecule has 0 saturated carbocycles. The second-order valence-corrected chi connectivity index (χ2v) is 4.12. The molecule has 0 bridgehead atoms. The predicted octanol–water partition coefficient (Wildman–Crippen LogP) is 0.147. The lowest BCUT2D eigenvalue weighted by atomic mass is 10.1. The molecule has 0 aromatic heterocycles. The zero-order valence-electron chi connectivity index (χ0n) is 8.48. The standard InChI is InChI=1S/C10H17NO3/c1-7(12)8-3-2-5-11(8)9-4-6-14-10(9)13/h8-10,13H,2-6H2,1H3/t8-,9?,10+/m1/s1. The first-order valence-corrected chi connectivity index (χ1v) is 5.26. The van der Waals surface area contributed by atoms with Crippen LogP contribution in [0.5, 0.6) is 0 Å². The number of hydrogen-bond donors (Lipinski definition) is 1. The normalized spacial score (nSPS) is 39.1. The van der Waals surface area contributed by atoms with Crippen LogP contribution in [0.3, 0.4) is 0 Å². The maximum Gasteiger partial charge on any atom is 0.170 e. The highest BCUT2D eigenvalue weighted by molar-refractivity contribution is 5.81. The maximum absolute atomic E-state index is 11.4. The van der Waals surface area contributed by atoms with Crippen molar-refractivity contribution >= 4 is 5.78 Å². The number of aliphatic hydroxyl groups is 1. The summed E-state index contributed by atoms with van der Waals surface area (Å²) in [5, 5.41) is 9.57. The van der Waals surface area contributed by atoms with E-state index in [-0.39, 0.29) is 17.9 Å². The van der Waals surface area contributed by atoms with Gasteiger partial charge in [-0.2, -0.15) is 0 Å². The third-order valence-corrected chi connectivity index (χ3v) is 3.22. The van der Waals surface area contributed by atoms with Crippen molar-refractivity contribution in [3.8, 4) is 0 Å². The SMILES string of the molecule is CC(=O)[C@H]1CCCN1C1CCO[C@@H]1O. The first-order chi connectivity index (χ1) is 6.70. The van der Waals surface area contributed by atoms with Gasteiger partial charge in [-0.05, 0) is 32.7 Å².